The number of furan rings is 1. The topological polar surface area (TPSA) is 64.2 Å². The number of hydrogen-bond donors (Lipinski definition) is 0. The molecule has 20 heavy (non-hydrogen) atoms. The first-order valence-electron chi connectivity index (χ1n) is 6.84. The molecule has 0 aromatic carbocycles. The lowest BCUT2D eigenvalue weighted by Gasteiger charge is -2.31. The van der Waals surface area contributed by atoms with Gasteiger partial charge in [-0.2, -0.15) is 0 Å². The van der Waals surface area contributed by atoms with Crippen LogP contribution in [0.25, 0.3) is 0 Å². The summed E-state index contributed by atoms with van der Waals surface area (Å²) >= 11 is 0. The molecular formula is C14H18N4O2. The van der Waals surface area contributed by atoms with Gasteiger partial charge in [-0.15, -0.1) is 10.2 Å². The van der Waals surface area contributed by atoms with Gasteiger partial charge in [-0.05, 0) is 25.8 Å². The molecule has 3 heterocycles. The molecule has 0 saturated carbocycles. The van der Waals surface area contributed by atoms with Gasteiger partial charge in [0.2, 0.25) is 0 Å². The second-order valence-corrected chi connectivity index (χ2v) is 5.32. The van der Waals surface area contributed by atoms with E-state index >= 15 is 0 Å². The van der Waals surface area contributed by atoms with Crippen LogP contribution in [0.15, 0.2) is 23.1 Å². The van der Waals surface area contributed by atoms with E-state index in [1.165, 1.54) is 0 Å². The fourth-order valence-electron chi connectivity index (χ4n) is 2.77. The molecule has 6 heteroatoms. The van der Waals surface area contributed by atoms with Gasteiger partial charge in [-0.25, -0.2) is 0 Å². The quantitative estimate of drug-likeness (QED) is 0.836. The molecule has 0 bridgehead atoms. The second-order valence-electron chi connectivity index (χ2n) is 5.32. The summed E-state index contributed by atoms with van der Waals surface area (Å²) in [6.45, 7) is 3.33. The van der Waals surface area contributed by atoms with Crippen LogP contribution < -0.4 is 0 Å². The van der Waals surface area contributed by atoms with Gasteiger partial charge in [-0.3, -0.25) is 4.79 Å². The van der Waals surface area contributed by atoms with E-state index in [0.717, 1.165) is 30.8 Å². The Morgan fingerprint density at radius 3 is 3.00 bits per heavy atom. The van der Waals surface area contributed by atoms with E-state index in [1.807, 2.05) is 29.5 Å². The molecular weight excluding hydrogens is 256 g/mol. The molecule has 0 aliphatic carbocycles. The van der Waals surface area contributed by atoms with Gasteiger partial charge in [0.05, 0.1) is 6.26 Å². The Kier molecular flexibility index (Phi) is 3.30. The number of carbonyl (C=O) groups is 1. The number of amides is 1. The lowest BCUT2D eigenvalue weighted by Crippen LogP contribution is -2.39. The molecule has 0 N–H and O–H groups in total. The van der Waals surface area contributed by atoms with Crippen molar-refractivity contribution in [2.45, 2.75) is 25.7 Å². The van der Waals surface area contributed by atoms with Crippen LogP contribution in [0.2, 0.25) is 0 Å². The highest BCUT2D eigenvalue weighted by Gasteiger charge is 2.29. The van der Waals surface area contributed by atoms with Crippen LogP contribution in [0, 0.1) is 6.92 Å². The first kappa shape index (κ1) is 12.9. The number of hydrogen-bond acceptors (Lipinski definition) is 4. The molecule has 1 saturated heterocycles. The Hall–Kier alpha value is -2.11. The van der Waals surface area contributed by atoms with Gasteiger partial charge in [0.25, 0.3) is 5.91 Å². The maximum absolute atomic E-state index is 12.5. The van der Waals surface area contributed by atoms with E-state index in [9.17, 15) is 4.79 Å². The van der Waals surface area contributed by atoms with Gasteiger partial charge in [0.1, 0.15) is 12.2 Å². The number of carbonyl (C=O) groups excluding carboxylic acids is 1. The maximum atomic E-state index is 12.5. The standard InChI is InChI=1S/C14H18N4O2/c1-10-5-7-20-12(10)14(19)18-6-3-4-11(8-18)13-16-15-9-17(13)2/h5,7,9,11H,3-4,6,8H2,1-2H3. The van der Waals surface area contributed by atoms with Crippen LogP contribution in [0.1, 0.15) is 40.7 Å². The minimum absolute atomic E-state index is 0.0284. The first-order valence-corrected chi connectivity index (χ1v) is 6.84. The van der Waals surface area contributed by atoms with Crippen LogP contribution in [0.3, 0.4) is 0 Å². The average Bonchev–Trinajstić information content (AvgIpc) is 3.07. The molecule has 2 aromatic heterocycles. The summed E-state index contributed by atoms with van der Waals surface area (Å²) in [4.78, 5) is 14.3. The first-order chi connectivity index (χ1) is 9.66. The number of aryl methyl sites for hydroxylation is 2. The van der Waals surface area contributed by atoms with Gasteiger partial charge in [-0.1, -0.05) is 0 Å². The number of nitrogens with zero attached hydrogens (tertiary/aromatic N) is 4. The Balaban J connectivity index is 1.77. The van der Waals surface area contributed by atoms with Gasteiger partial charge >= 0.3 is 0 Å². The Morgan fingerprint density at radius 2 is 2.35 bits per heavy atom. The zero-order valence-corrected chi connectivity index (χ0v) is 11.7. The highest BCUT2D eigenvalue weighted by atomic mass is 16.3. The highest BCUT2D eigenvalue weighted by molar-refractivity contribution is 5.92. The molecule has 0 spiro atoms. The van der Waals surface area contributed by atoms with Crippen molar-refractivity contribution in [3.05, 3.63) is 35.8 Å². The Bertz CT molecular complexity index is 616. The normalized spacial score (nSPS) is 19.3. The lowest BCUT2D eigenvalue weighted by molar-refractivity contribution is 0.0670. The van der Waals surface area contributed by atoms with Crippen molar-refractivity contribution in [2.75, 3.05) is 13.1 Å². The predicted molar refractivity (Wildman–Crippen MR) is 72.3 cm³/mol. The van der Waals surface area contributed by atoms with E-state index < -0.39 is 0 Å². The summed E-state index contributed by atoms with van der Waals surface area (Å²) in [5.41, 5.74) is 0.885. The van der Waals surface area contributed by atoms with Crippen molar-refractivity contribution in [3.8, 4) is 0 Å². The van der Waals surface area contributed by atoms with Crippen molar-refractivity contribution in [2.24, 2.45) is 7.05 Å². The Labute approximate surface area is 117 Å². The van der Waals surface area contributed by atoms with Gasteiger partial charge in [0, 0.05) is 31.6 Å². The van der Waals surface area contributed by atoms with E-state index in [4.69, 9.17) is 4.42 Å². The third-order valence-corrected chi connectivity index (χ3v) is 3.88. The van der Waals surface area contributed by atoms with Crippen LogP contribution in [0.5, 0.6) is 0 Å². The zero-order chi connectivity index (χ0) is 14.1. The van der Waals surface area contributed by atoms with Crippen LogP contribution in [-0.4, -0.2) is 38.7 Å². The molecule has 6 nitrogen and oxygen atoms in total. The van der Waals surface area contributed by atoms with Gasteiger partial charge in [0.15, 0.2) is 5.76 Å². The minimum Gasteiger partial charge on any atom is -0.459 e. The lowest BCUT2D eigenvalue weighted by atomic mass is 9.97. The predicted octanol–water partition coefficient (Wildman–Crippen LogP) is 1.74. The van der Waals surface area contributed by atoms with Crippen LogP contribution >= 0.6 is 0 Å². The molecule has 106 valence electrons. The van der Waals surface area contributed by atoms with Gasteiger partial charge < -0.3 is 13.9 Å². The molecule has 1 amide bonds. The molecule has 0 radical (unpaired) electrons. The smallest absolute Gasteiger partial charge is 0.289 e. The van der Waals surface area contributed by atoms with Crippen LogP contribution in [0.4, 0.5) is 0 Å². The molecule has 1 atom stereocenters. The van der Waals surface area contributed by atoms with Crippen molar-refractivity contribution in [3.63, 3.8) is 0 Å². The molecule has 1 aliphatic heterocycles. The van der Waals surface area contributed by atoms with Crippen molar-refractivity contribution >= 4 is 5.91 Å². The number of likely N-dealkylation sites (tertiary alicyclic amines) is 1. The minimum atomic E-state index is -0.0284. The summed E-state index contributed by atoms with van der Waals surface area (Å²) in [5.74, 6) is 1.61. The number of piperidine rings is 1. The van der Waals surface area contributed by atoms with E-state index in [0.29, 0.717) is 12.3 Å². The fraction of sp³-hybridized carbons (Fsp3) is 0.500. The third kappa shape index (κ3) is 2.21. The largest absolute Gasteiger partial charge is 0.459 e. The van der Waals surface area contributed by atoms with E-state index in [1.54, 1.807) is 12.6 Å². The summed E-state index contributed by atoms with van der Waals surface area (Å²) < 4.78 is 7.23. The highest BCUT2D eigenvalue weighted by Crippen LogP contribution is 2.26. The average molecular weight is 274 g/mol. The fourth-order valence-corrected chi connectivity index (χ4v) is 2.77. The van der Waals surface area contributed by atoms with Crippen molar-refractivity contribution in [1.29, 1.82) is 0 Å². The molecule has 2 aromatic rings. The van der Waals surface area contributed by atoms with Crippen LogP contribution in [-0.2, 0) is 7.05 Å². The number of rotatable bonds is 2. The third-order valence-electron chi connectivity index (χ3n) is 3.88. The summed E-state index contributed by atoms with van der Waals surface area (Å²) in [7, 11) is 1.94. The summed E-state index contributed by atoms with van der Waals surface area (Å²) in [6.07, 6.45) is 5.27. The monoisotopic (exact) mass is 274 g/mol. The van der Waals surface area contributed by atoms with E-state index in [2.05, 4.69) is 10.2 Å². The van der Waals surface area contributed by atoms with Crippen molar-refractivity contribution in [1.82, 2.24) is 19.7 Å². The summed E-state index contributed by atoms with van der Waals surface area (Å²) in [5, 5.41) is 8.09. The molecule has 1 fully saturated rings. The maximum Gasteiger partial charge on any atom is 0.289 e. The zero-order valence-electron chi connectivity index (χ0n) is 11.7. The van der Waals surface area contributed by atoms with E-state index in [-0.39, 0.29) is 11.8 Å². The molecule has 3 rings (SSSR count). The molecule has 1 unspecified atom stereocenters. The van der Waals surface area contributed by atoms with Crippen molar-refractivity contribution < 1.29 is 9.21 Å². The SMILES string of the molecule is Cc1ccoc1C(=O)N1CCCC(c2nncn2C)C1. The summed E-state index contributed by atoms with van der Waals surface area (Å²) in [6, 6.07) is 1.82. The number of aromatic nitrogens is 3. The molecule has 1 aliphatic rings. The Morgan fingerprint density at radius 1 is 1.50 bits per heavy atom. The second kappa shape index (κ2) is 5.11.